The molecule has 3 nitrogen and oxygen atoms in total. The summed E-state index contributed by atoms with van der Waals surface area (Å²) in [6, 6.07) is 8.39. The van der Waals surface area contributed by atoms with Gasteiger partial charge in [-0.3, -0.25) is 4.79 Å². The van der Waals surface area contributed by atoms with Gasteiger partial charge in [0.2, 0.25) is 5.91 Å². The first-order valence-electron chi connectivity index (χ1n) is 7.23. The Morgan fingerprint density at radius 1 is 1.25 bits per heavy atom. The zero-order chi connectivity index (χ0) is 13.9. The van der Waals surface area contributed by atoms with E-state index in [1.807, 2.05) is 11.0 Å². The number of fused-ring (bicyclic) bond motifs is 1. The van der Waals surface area contributed by atoms with Gasteiger partial charge in [-0.15, -0.1) is 12.4 Å². The molecule has 1 aliphatic rings. The quantitative estimate of drug-likeness (QED) is 0.928. The number of amides is 1. The van der Waals surface area contributed by atoms with Gasteiger partial charge in [0, 0.05) is 19.6 Å². The lowest BCUT2D eigenvalue weighted by atomic mass is 9.80. The van der Waals surface area contributed by atoms with Crippen molar-refractivity contribution < 1.29 is 4.79 Å². The lowest BCUT2D eigenvalue weighted by molar-refractivity contribution is -0.143. The van der Waals surface area contributed by atoms with Crippen LogP contribution in [0.5, 0.6) is 0 Å². The van der Waals surface area contributed by atoms with Crippen LogP contribution in [-0.4, -0.2) is 23.9 Å². The van der Waals surface area contributed by atoms with Crippen LogP contribution in [0.3, 0.4) is 0 Å². The molecule has 2 N–H and O–H groups in total. The van der Waals surface area contributed by atoms with Gasteiger partial charge in [0.25, 0.3) is 0 Å². The molecule has 4 heteroatoms. The van der Waals surface area contributed by atoms with E-state index in [9.17, 15) is 4.79 Å². The first-order chi connectivity index (χ1) is 9.16. The van der Waals surface area contributed by atoms with Crippen molar-refractivity contribution in [2.45, 2.75) is 39.7 Å². The van der Waals surface area contributed by atoms with E-state index in [4.69, 9.17) is 5.73 Å². The van der Waals surface area contributed by atoms with E-state index in [1.54, 1.807) is 0 Å². The van der Waals surface area contributed by atoms with Crippen LogP contribution in [0.4, 0.5) is 0 Å². The van der Waals surface area contributed by atoms with Crippen molar-refractivity contribution in [1.82, 2.24) is 4.90 Å². The average Bonchev–Trinajstić information content (AvgIpc) is 2.49. The zero-order valence-electron chi connectivity index (χ0n) is 12.4. The zero-order valence-corrected chi connectivity index (χ0v) is 13.2. The molecule has 0 aliphatic carbocycles. The fraction of sp³-hybridized carbons (Fsp3) is 0.562. The van der Waals surface area contributed by atoms with Crippen molar-refractivity contribution in [3.05, 3.63) is 35.4 Å². The maximum atomic E-state index is 12.8. The Morgan fingerprint density at radius 2 is 1.85 bits per heavy atom. The summed E-state index contributed by atoms with van der Waals surface area (Å²) in [7, 11) is 0. The fourth-order valence-corrected chi connectivity index (χ4v) is 2.93. The maximum absolute atomic E-state index is 12.8. The van der Waals surface area contributed by atoms with Gasteiger partial charge in [0.1, 0.15) is 0 Å². The van der Waals surface area contributed by atoms with Crippen LogP contribution >= 0.6 is 12.4 Å². The standard InChI is InChI=1S/C16H24N2O.ClH/c1-3-16(4-2,12-17)15(19)18-10-9-13-7-5-6-8-14(13)11-18;/h5-8H,3-4,9-12,17H2,1-2H3;1H. The summed E-state index contributed by atoms with van der Waals surface area (Å²) in [5.74, 6) is 0.231. The van der Waals surface area contributed by atoms with E-state index < -0.39 is 0 Å². The molecule has 0 unspecified atom stereocenters. The minimum atomic E-state index is -0.369. The van der Waals surface area contributed by atoms with E-state index in [1.165, 1.54) is 11.1 Å². The molecule has 0 fully saturated rings. The second-order valence-corrected chi connectivity index (χ2v) is 5.44. The predicted octanol–water partition coefficient (Wildman–Crippen LogP) is 2.76. The van der Waals surface area contributed by atoms with Crippen LogP contribution in [0.1, 0.15) is 37.8 Å². The van der Waals surface area contributed by atoms with Crippen molar-refractivity contribution in [3.8, 4) is 0 Å². The second-order valence-electron chi connectivity index (χ2n) is 5.44. The monoisotopic (exact) mass is 296 g/mol. The second kappa shape index (κ2) is 7.09. The van der Waals surface area contributed by atoms with Gasteiger partial charge in [0.15, 0.2) is 0 Å². The van der Waals surface area contributed by atoms with Gasteiger partial charge in [0.05, 0.1) is 5.41 Å². The highest BCUT2D eigenvalue weighted by atomic mass is 35.5. The summed E-state index contributed by atoms with van der Waals surface area (Å²) < 4.78 is 0. The van der Waals surface area contributed by atoms with Crippen molar-refractivity contribution >= 4 is 18.3 Å². The number of rotatable bonds is 4. The number of benzene rings is 1. The molecular weight excluding hydrogens is 272 g/mol. The third kappa shape index (κ3) is 2.99. The molecular formula is C16H25ClN2O. The molecule has 0 atom stereocenters. The molecule has 1 aliphatic heterocycles. The van der Waals surface area contributed by atoms with Crippen molar-refractivity contribution in [2.24, 2.45) is 11.1 Å². The molecule has 1 amide bonds. The van der Waals surface area contributed by atoms with Crippen LogP contribution in [-0.2, 0) is 17.8 Å². The molecule has 0 saturated carbocycles. The van der Waals surface area contributed by atoms with Crippen LogP contribution < -0.4 is 5.73 Å². The highest BCUT2D eigenvalue weighted by Gasteiger charge is 2.37. The number of hydrogen-bond donors (Lipinski definition) is 1. The van der Waals surface area contributed by atoms with Crippen LogP contribution in [0.25, 0.3) is 0 Å². The smallest absolute Gasteiger partial charge is 0.230 e. The summed E-state index contributed by atoms with van der Waals surface area (Å²) in [5, 5.41) is 0. The summed E-state index contributed by atoms with van der Waals surface area (Å²) in [5.41, 5.74) is 8.17. The Balaban J connectivity index is 0.00000200. The SMILES string of the molecule is CCC(CC)(CN)C(=O)N1CCc2ccccc2C1.Cl. The van der Waals surface area contributed by atoms with Gasteiger partial charge in [-0.2, -0.15) is 0 Å². The molecule has 0 saturated heterocycles. The van der Waals surface area contributed by atoms with E-state index in [0.717, 1.165) is 32.4 Å². The largest absolute Gasteiger partial charge is 0.338 e. The van der Waals surface area contributed by atoms with E-state index in [-0.39, 0.29) is 23.7 Å². The molecule has 1 aromatic rings. The Bertz CT molecular complexity index is 449. The maximum Gasteiger partial charge on any atom is 0.230 e. The molecule has 0 radical (unpaired) electrons. The summed E-state index contributed by atoms with van der Waals surface area (Å²) >= 11 is 0. The first kappa shape index (κ1) is 17.0. The molecule has 112 valence electrons. The van der Waals surface area contributed by atoms with Crippen molar-refractivity contribution in [1.29, 1.82) is 0 Å². The van der Waals surface area contributed by atoms with Crippen molar-refractivity contribution in [2.75, 3.05) is 13.1 Å². The number of carbonyl (C=O) groups excluding carboxylic acids is 1. The minimum Gasteiger partial charge on any atom is -0.338 e. The summed E-state index contributed by atoms with van der Waals surface area (Å²) in [4.78, 5) is 14.8. The number of nitrogens with zero attached hydrogens (tertiary/aromatic N) is 1. The average molecular weight is 297 g/mol. The Kier molecular flexibility index (Phi) is 6.03. The Labute approximate surface area is 127 Å². The van der Waals surface area contributed by atoms with Gasteiger partial charge in [-0.1, -0.05) is 38.1 Å². The molecule has 0 aromatic heterocycles. The third-order valence-electron chi connectivity index (χ3n) is 4.62. The van der Waals surface area contributed by atoms with Gasteiger partial charge in [-0.25, -0.2) is 0 Å². The van der Waals surface area contributed by atoms with Gasteiger partial charge in [-0.05, 0) is 30.4 Å². The predicted molar refractivity (Wildman–Crippen MR) is 84.9 cm³/mol. The normalized spacial score (nSPS) is 14.4. The number of halogens is 1. The molecule has 1 heterocycles. The van der Waals surface area contributed by atoms with Gasteiger partial charge >= 0.3 is 0 Å². The Morgan fingerprint density at radius 3 is 2.40 bits per heavy atom. The molecule has 0 bridgehead atoms. The topological polar surface area (TPSA) is 46.3 Å². The number of carbonyl (C=O) groups is 1. The lowest BCUT2D eigenvalue weighted by Crippen LogP contribution is -2.49. The van der Waals surface area contributed by atoms with Crippen molar-refractivity contribution in [3.63, 3.8) is 0 Å². The summed E-state index contributed by atoms with van der Waals surface area (Å²) in [6.45, 7) is 6.11. The van der Waals surface area contributed by atoms with E-state index in [0.29, 0.717) is 6.54 Å². The van der Waals surface area contributed by atoms with E-state index >= 15 is 0 Å². The molecule has 1 aromatic carbocycles. The molecule has 20 heavy (non-hydrogen) atoms. The summed E-state index contributed by atoms with van der Waals surface area (Å²) in [6.07, 6.45) is 2.59. The fourth-order valence-electron chi connectivity index (χ4n) is 2.93. The number of nitrogens with two attached hydrogens (primary N) is 1. The molecule has 0 spiro atoms. The van der Waals surface area contributed by atoms with Crippen LogP contribution in [0.15, 0.2) is 24.3 Å². The van der Waals surface area contributed by atoms with E-state index in [2.05, 4.69) is 32.0 Å². The van der Waals surface area contributed by atoms with Gasteiger partial charge < -0.3 is 10.6 Å². The Hall–Kier alpha value is -1.06. The highest BCUT2D eigenvalue weighted by Crippen LogP contribution is 2.30. The molecule has 2 rings (SSSR count). The number of hydrogen-bond acceptors (Lipinski definition) is 2. The first-order valence-corrected chi connectivity index (χ1v) is 7.23. The highest BCUT2D eigenvalue weighted by molar-refractivity contribution is 5.85. The lowest BCUT2D eigenvalue weighted by Gasteiger charge is -2.37. The minimum absolute atomic E-state index is 0. The van der Waals surface area contributed by atoms with Crippen LogP contribution in [0, 0.1) is 5.41 Å². The third-order valence-corrected chi connectivity index (χ3v) is 4.62. The van der Waals surface area contributed by atoms with Crippen LogP contribution in [0.2, 0.25) is 0 Å².